The molecule has 2 fully saturated rings. The number of fused-ring (bicyclic) bond motifs is 2. The lowest BCUT2D eigenvalue weighted by Gasteiger charge is -2.24. The van der Waals surface area contributed by atoms with E-state index in [0.29, 0.717) is 16.8 Å². The molecule has 0 amide bonds. The second-order valence-corrected chi connectivity index (χ2v) is 9.05. The Balaban J connectivity index is 1.36. The summed E-state index contributed by atoms with van der Waals surface area (Å²) >= 11 is 1.11. The summed E-state index contributed by atoms with van der Waals surface area (Å²) < 4.78 is 40.2. The van der Waals surface area contributed by atoms with Gasteiger partial charge in [-0.1, -0.05) is 0 Å². The lowest BCUT2D eigenvalue weighted by molar-refractivity contribution is -0.126. The second kappa shape index (κ2) is 6.94. The van der Waals surface area contributed by atoms with Gasteiger partial charge in [0, 0.05) is 49.4 Å². The van der Waals surface area contributed by atoms with Gasteiger partial charge in [-0.15, -0.1) is 11.3 Å². The molecule has 5 rings (SSSR count). The topological polar surface area (TPSA) is 50.1 Å². The van der Waals surface area contributed by atoms with Crippen LogP contribution in [0, 0.1) is 5.92 Å². The molecule has 6 nitrogen and oxygen atoms in total. The number of hydrogen-bond acceptors (Lipinski definition) is 6. The molecule has 2 aliphatic rings. The summed E-state index contributed by atoms with van der Waals surface area (Å²) in [6.07, 6.45) is 1.40. The smallest absolute Gasteiger partial charge is 0.354 e. The first-order valence-corrected chi connectivity index (χ1v) is 10.4. The first-order chi connectivity index (χ1) is 13.9. The second-order valence-electron chi connectivity index (χ2n) is 7.93. The molecule has 10 heteroatoms. The van der Waals surface area contributed by atoms with Crippen molar-refractivity contribution in [3.63, 3.8) is 0 Å². The normalized spacial score (nSPS) is 22.7. The lowest BCUT2D eigenvalue weighted by Crippen LogP contribution is -2.34. The van der Waals surface area contributed by atoms with E-state index in [2.05, 4.69) is 24.9 Å². The van der Waals surface area contributed by atoms with E-state index in [-0.39, 0.29) is 4.88 Å². The summed E-state index contributed by atoms with van der Waals surface area (Å²) in [5.74, 6) is 1.31. The van der Waals surface area contributed by atoms with Gasteiger partial charge in [0.25, 0.3) is 0 Å². The number of hydrogen-bond donors (Lipinski definition) is 0. The largest absolute Gasteiger partial charge is 0.393 e. The Hall–Kier alpha value is -2.20. The molecule has 0 unspecified atom stereocenters. The molecular weight excluding hydrogens is 401 g/mol. The minimum absolute atomic E-state index is 0.284. The van der Waals surface area contributed by atoms with Crippen LogP contribution < -0.4 is 4.90 Å². The Kier molecular flexibility index (Phi) is 4.50. The van der Waals surface area contributed by atoms with Gasteiger partial charge < -0.3 is 4.90 Å². The predicted molar refractivity (Wildman–Crippen MR) is 105 cm³/mol. The van der Waals surface area contributed by atoms with E-state index in [1.807, 2.05) is 24.1 Å². The van der Waals surface area contributed by atoms with E-state index in [9.17, 15) is 13.2 Å². The Morgan fingerprint density at radius 3 is 2.86 bits per heavy atom. The van der Waals surface area contributed by atoms with Crippen LogP contribution >= 0.6 is 11.3 Å². The molecule has 0 radical (unpaired) electrons. The summed E-state index contributed by atoms with van der Waals surface area (Å²) in [7, 11) is 1.92. The van der Waals surface area contributed by atoms with Gasteiger partial charge in [0.1, 0.15) is 17.0 Å². The van der Waals surface area contributed by atoms with Crippen LogP contribution in [-0.2, 0) is 20.0 Å². The van der Waals surface area contributed by atoms with Crippen LogP contribution in [0.1, 0.15) is 16.9 Å². The lowest BCUT2D eigenvalue weighted by atomic mass is 10.1. The molecule has 0 N–H and O–H groups in total. The van der Waals surface area contributed by atoms with Crippen LogP contribution in [0.25, 0.3) is 10.2 Å². The maximum Gasteiger partial charge on any atom is 0.393 e. The van der Waals surface area contributed by atoms with E-state index in [1.54, 1.807) is 6.07 Å². The van der Waals surface area contributed by atoms with E-state index in [0.717, 1.165) is 55.1 Å². The van der Waals surface area contributed by atoms with Crippen LogP contribution in [-0.4, -0.2) is 56.5 Å². The molecule has 0 spiro atoms. The molecule has 5 heterocycles. The summed E-state index contributed by atoms with van der Waals surface area (Å²) in [6, 6.07) is 2.04. The highest BCUT2D eigenvalue weighted by molar-refractivity contribution is 7.18. The predicted octanol–water partition coefficient (Wildman–Crippen LogP) is 3.24. The molecule has 2 atom stereocenters. The molecule has 2 aliphatic heterocycles. The molecular formula is C19H21F3N6S. The zero-order valence-electron chi connectivity index (χ0n) is 15.9. The van der Waals surface area contributed by atoms with Gasteiger partial charge in [0.2, 0.25) is 0 Å². The number of likely N-dealkylation sites (tertiary alicyclic amines) is 1. The van der Waals surface area contributed by atoms with Crippen molar-refractivity contribution in [1.29, 1.82) is 0 Å². The summed E-state index contributed by atoms with van der Waals surface area (Å²) in [4.78, 5) is 14.3. The molecule has 3 aromatic rings. The van der Waals surface area contributed by atoms with Crippen molar-refractivity contribution in [3.05, 3.63) is 35.2 Å². The maximum absolute atomic E-state index is 12.8. The number of aromatic nitrogens is 4. The molecule has 0 aromatic carbocycles. The molecule has 0 aliphatic carbocycles. The van der Waals surface area contributed by atoms with Crippen LogP contribution in [0.5, 0.6) is 0 Å². The van der Waals surface area contributed by atoms with Crippen molar-refractivity contribution < 1.29 is 13.2 Å². The average molecular weight is 422 g/mol. The minimum atomic E-state index is -4.22. The number of halogens is 3. The van der Waals surface area contributed by atoms with Crippen molar-refractivity contribution in [1.82, 2.24) is 24.6 Å². The summed E-state index contributed by atoms with van der Waals surface area (Å²) in [5.41, 5.74) is 1.20. The number of anilines is 1. The van der Waals surface area contributed by atoms with Crippen LogP contribution in [0.2, 0.25) is 0 Å². The van der Waals surface area contributed by atoms with Gasteiger partial charge in [-0.3, -0.25) is 9.58 Å². The monoisotopic (exact) mass is 422 g/mol. The minimum Gasteiger partial charge on any atom is -0.354 e. The van der Waals surface area contributed by atoms with E-state index in [4.69, 9.17) is 0 Å². The van der Waals surface area contributed by atoms with Crippen LogP contribution in [0.3, 0.4) is 0 Å². The van der Waals surface area contributed by atoms with Crippen molar-refractivity contribution in [3.8, 4) is 0 Å². The number of rotatable bonds is 4. The Bertz CT molecular complexity index is 1030. The summed E-state index contributed by atoms with van der Waals surface area (Å²) in [6.45, 7) is 3.65. The van der Waals surface area contributed by atoms with Crippen molar-refractivity contribution in [2.45, 2.75) is 31.6 Å². The quantitative estimate of drug-likeness (QED) is 0.646. The molecule has 0 saturated carbocycles. The third kappa shape index (κ3) is 3.71. The van der Waals surface area contributed by atoms with Gasteiger partial charge in [-0.25, -0.2) is 9.97 Å². The first kappa shape index (κ1) is 18.8. The zero-order chi connectivity index (χ0) is 20.2. The van der Waals surface area contributed by atoms with E-state index in [1.165, 1.54) is 11.9 Å². The van der Waals surface area contributed by atoms with Gasteiger partial charge in [-0.2, -0.15) is 18.3 Å². The number of thiophene rings is 1. The summed E-state index contributed by atoms with van der Waals surface area (Å²) in [5, 5.41) is 4.98. The zero-order valence-corrected chi connectivity index (χ0v) is 16.7. The molecule has 29 heavy (non-hydrogen) atoms. The molecule has 2 saturated heterocycles. The fraction of sp³-hybridized carbons (Fsp3) is 0.526. The molecule has 0 bridgehead atoms. The van der Waals surface area contributed by atoms with Crippen molar-refractivity contribution in [2.24, 2.45) is 13.0 Å². The Morgan fingerprint density at radius 1 is 1.24 bits per heavy atom. The van der Waals surface area contributed by atoms with Gasteiger partial charge in [0.15, 0.2) is 0 Å². The number of aryl methyl sites for hydroxylation is 1. The van der Waals surface area contributed by atoms with Crippen molar-refractivity contribution in [2.75, 3.05) is 24.5 Å². The molecule has 3 aromatic heterocycles. The average Bonchev–Trinajstić information content (AvgIpc) is 3.38. The van der Waals surface area contributed by atoms with Gasteiger partial charge in [0.05, 0.1) is 18.0 Å². The highest BCUT2D eigenvalue weighted by Gasteiger charge is 2.42. The fourth-order valence-corrected chi connectivity index (χ4v) is 5.66. The Labute approximate surface area is 170 Å². The van der Waals surface area contributed by atoms with E-state index >= 15 is 0 Å². The van der Waals surface area contributed by atoms with Crippen molar-refractivity contribution >= 4 is 27.4 Å². The third-order valence-corrected chi connectivity index (χ3v) is 6.88. The standard InChI is InChI=1S/C19H21F3N6S/c1-26-7-12(6-25-26)8-27-3-2-13-9-28(10-16(13)27)17-15-4-14(5-19(20,21)22)29-18(15)24-11-23-17/h4,6-7,11,13,16H,2-3,5,8-10H2,1H3/t13-,16+/m1/s1. The van der Waals surface area contributed by atoms with E-state index < -0.39 is 12.6 Å². The van der Waals surface area contributed by atoms with Gasteiger partial charge in [-0.05, 0) is 24.9 Å². The van der Waals surface area contributed by atoms with Gasteiger partial charge >= 0.3 is 6.18 Å². The molecule has 154 valence electrons. The fourth-order valence-electron chi connectivity index (χ4n) is 4.64. The number of nitrogens with zero attached hydrogens (tertiary/aromatic N) is 6. The Morgan fingerprint density at radius 2 is 2.10 bits per heavy atom. The maximum atomic E-state index is 12.8. The van der Waals surface area contributed by atoms with Crippen LogP contribution in [0.15, 0.2) is 24.8 Å². The highest BCUT2D eigenvalue weighted by atomic mass is 32.1. The highest BCUT2D eigenvalue weighted by Crippen LogP contribution is 2.38. The first-order valence-electron chi connectivity index (χ1n) is 9.62. The number of alkyl halides is 3. The third-order valence-electron chi connectivity index (χ3n) is 5.84. The SMILES string of the molecule is Cn1cc(CN2CC[C@@H]3CN(c4ncnc5sc(CC(F)(F)F)cc45)C[C@@H]32)cn1. The van der Waals surface area contributed by atoms with Crippen LogP contribution in [0.4, 0.5) is 19.0 Å².